The maximum absolute atomic E-state index is 12.4. The first kappa shape index (κ1) is 14.9. The summed E-state index contributed by atoms with van der Waals surface area (Å²) in [6, 6.07) is -0.0548. The number of hydrogen-bond acceptors (Lipinski definition) is 4. The first-order valence-corrected chi connectivity index (χ1v) is 7.59. The third-order valence-corrected chi connectivity index (χ3v) is 4.46. The highest BCUT2D eigenvalue weighted by Crippen LogP contribution is 2.25. The Morgan fingerprint density at radius 3 is 3.00 bits per heavy atom. The summed E-state index contributed by atoms with van der Waals surface area (Å²) in [5, 5.41) is 14.1. The molecule has 1 aliphatic rings. The lowest BCUT2D eigenvalue weighted by Crippen LogP contribution is -2.42. The molecule has 3 rings (SSSR count). The summed E-state index contributed by atoms with van der Waals surface area (Å²) in [5.41, 5.74) is 1.03. The second-order valence-electron chi connectivity index (χ2n) is 5.47. The minimum Gasteiger partial charge on any atom is -0.485 e. The van der Waals surface area contributed by atoms with Crippen molar-refractivity contribution in [2.45, 2.75) is 38.3 Å². The molecule has 2 aromatic heterocycles. The number of halogens is 1. The molecule has 7 nitrogen and oxygen atoms in total. The molecule has 2 N–H and O–H groups in total. The van der Waals surface area contributed by atoms with Crippen molar-refractivity contribution in [1.82, 2.24) is 25.3 Å². The molecular formula is C14H18ClN5O2. The molecule has 0 aliphatic heterocycles. The van der Waals surface area contributed by atoms with Crippen LogP contribution in [0.2, 0.25) is 5.02 Å². The largest absolute Gasteiger partial charge is 0.485 e. The van der Waals surface area contributed by atoms with E-state index in [9.17, 15) is 4.79 Å². The van der Waals surface area contributed by atoms with Gasteiger partial charge in [0.05, 0.1) is 29.2 Å². The van der Waals surface area contributed by atoms with Crippen LogP contribution in [0.5, 0.6) is 5.75 Å². The number of carbonyl (C=O) groups is 1. The van der Waals surface area contributed by atoms with Crippen LogP contribution in [0, 0.1) is 6.92 Å². The fourth-order valence-corrected chi connectivity index (χ4v) is 2.92. The molecular weight excluding hydrogens is 306 g/mol. The number of aromatic amines is 1. The standard InChI is InChI=1S/C14H18ClN5O2/c1-8-12(15)13(19-20(8)2)14(21)18-10-4-3-5-11(10)22-9-6-16-17-7-9/h6-7,10-11H,3-5H2,1-2H3,(H,16,17)(H,18,21)/t10-,11+/m0/s1. The third-order valence-electron chi connectivity index (χ3n) is 4.01. The van der Waals surface area contributed by atoms with Crippen molar-refractivity contribution >= 4 is 17.5 Å². The molecule has 0 bridgehead atoms. The topological polar surface area (TPSA) is 84.8 Å². The van der Waals surface area contributed by atoms with Crippen LogP contribution < -0.4 is 10.1 Å². The molecule has 2 atom stereocenters. The molecule has 1 saturated carbocycles. The van der Waals surface area contributed by atoms with Gasteiger partial charge in [0.25, 0.3) is 5.91 Å². The number of ether oxygens (including phenoxy) is 1. The average Bonchev–Trinajstić information content (AvgIpc) is 3.20. The second-order valence-corrected chi connectivity index (χ2v) is 5.85. The molecule has 8 heteroatoms. The van der Waals surface area contributed by atoms with Crippen LogP contribution in [0.25, 0.3) is 0 Å². The quantitative estimate of drug-likeness (QED) is 0.899. The Kier molecular flexibility index (Phi) is 4.06. The molecule has 2 heterocycles. The van der Waals surface area contributed by atoms with E-state index in [1.54, 1.807) is 24.1 Å². The fourth-order valence-electron chi connectivity index (χ4n) is 2.67. The van der Waals surface area contributed by atoms with Gasteiger partial charge >= 0.3 is 0 Å². The molecule has 0 aromatic carbocycles. The minimum absolute atomic E-state index is 0.0548. The van der Waals surface area contributed by atoms with Crippen LogP contribution >= 0.6 is 11.6 Å². The molecule has 118 valence electrons. The van der Waals surface area contributed by atoms with Crippen molar-refractivity contribution in [1.29, 1.82) is 0 Å². The van der Waals surface area contributed by atoms with Crippen LogP contribution in [0.1, 0.15) is 35.4 Å². The number of amides is 1. The maximum Gasteiger partial charge on any atom is 0.273 e. The van der Waals surface area contributed by atoms with Gasteiger partial charge in [0, 0.05) is 7.05 Å². The third kappa shape index (κ3) is 2.81. The molecule has 0 saturated heterocycles. The van der Waals surface area contributed by atoms with Gasteiger partial charge in [-0.1, -0.05) is 11.6 Å². The summed E-state index contributed by atoms with van der Waals surface area (Å²) >= 11 is 6.16. The Hall–Kier alpha value is -2.02. The first-order valence-electron chi connectivity index (χ1n) is 7.21. The Bertz CT molecular complexity index is 667. The van der Waals surface area contributed by atoms with Gasteiger partial charge in [-0.05, 0) is 26.2 Å². The van der Waals surface area contributed by atoms with Gasteiger partial charge in [-0.2, -0.15) is 10.2 Å². The Morgan fingerprint density at radius 2 is 2.36 bits per heavy atom. The molecule has 1 amide bonds. The summed E-state index contributed by atoms with van der Waals surface area (Å²) in [6.45, 7) is 1.83. The van der Waals surface area contributed by atoms with Crippen molar-refractivity contribution < 1.29 is 9.53 Å². The Balaban J connectivity index is 1.68. The zero-order valence-corrected chi connectivity index (χ0v) is 13.2. The van der Waals surface area contributed by atoms with Crippen molar-refractivity contribution in [2.24, 2.45) is 7.05 Å². The molecule has 22 heavy (non-hydrogen) atoms. The predicted octanol–water partition coefficient (Wildman–Crippen LogP) is 1.83. The summed E-state index contributed by atoms with van der Waals surface area (Å²) in [5.74, 6) is 0.416. The summed E-state index contributed by atoms with van der Waals surface area (Å²) in [4.78, 5) is 12.4. The van der Waals surface area contributed by atoms with Crippen molar-refractivity contribution in [3.05, 3.63) is 28.8 Å². The lowest BCUT2D eigenvalue weighted by molar-refractivity contribution is 0.0888. The van der Waals surface area contributed by atoms with Gasteiger partial charge in [0.2, 0.25) is 0 Å². The van der Waals surface area contributed by atoms with Gasteiger partial charge in [-0.15, -0.1) is 0 Å². The monoisotopic (exact) mass is 323 g/mol. The van der Waals surface area contributed by atoms with Crippen molar-refractivity contribution in [2.75, 3.05) is 0 Å². The second kappa shape index (κ2) is 6.00. The molecule has 2 aromatic rings. The van der Waals surface area contributed by atoms with Gasteiger partial charge in [-0.25, -0.2) is 0 Å². The number of H-pyrrole nitrogens is 1. The first-order chi connectivity index (χ1) is 10.6. The highest BCUT2D eigenvalue weighted by Gasteiger charge is 2.32. The number of nitrogens with zero attached hydrogens (tertiary/aromatic N) is 3. The maximum atomic E-state index is 12.4. The highest BCUT2D eigenvalue weighted by molar-refractivity contribution is 6.34. The number of aryl methyl sites for hydroxylation is 1. The minimum atomic E-state index is -0.263. The molecule has 0 radical (unpaired) electrons. The van der Waals surface area contributed by atoms with Gasteiger partial charge in [-0.3, -0.25) is 14.6 Å². The molecule has 0 unspecified atom stereocenters. The van der Waals surface area contributed by atoms with E-state index in [1.165, 1.54) is 0 Å². The lowest BCUT2D eigenvalue weighted by atomic mass is 10.2. The van der Waals surface area contributed by atoms with Gasteiger partial charge in [0.1, 0.15) is 6.10 Å². The smallest absolute Gasteiger partial charge is 0.273 e. The zero-order chi connectivity index (χ0) is 15.7. The summed E-state index contributed by atoms with van der Waals surface area (Å²) in [7, 11) is 1.76. The zero-order valence-electron chi connectivity index (χ0n) is 12.5. The van der Waals surface area contributed by atoms with Crippen LogP contribution in [-0.2, 0) is 7.05 Å². The number of rotatable bonds is 4. The van der Waals surface area contributed by atoms with E-state index in [4.69, 9.17) is 16.3 Å². The number of carbonyl (C=O) groups excluding carboxylic acids is 1. The fraction of sp³-hybridized carbons (Fsp3) is 0.500. The number of nitrogens with one attached hydrogen (secondary N) is 2. The van der Waals surface area contributed by atoms with E-state index in [2.05, 4.69) is 20.6 Å². The van der Waals surface area contributed by atoms with Crippen LogP contribution in [-0.4, -0.2) is 38.0 Å². The predicted molar refractivity (Wildman–Crippen MR) is 81.1 cm³/mol. The van der Waals surface area contributed by atoms with Crippen LogP contribution in [0.15, 0.2) is 12.4 Å². The van der Waals surface area contributed by atoms with Crippen molar-refractivity contribution in [3.63, 3.8) is 0 Å². The molecule has 1 fully saturated rings. The van der Waals surface area contributed by atoms with E-state index in [0.717, 1.165) is 25.0 Å². The van der Waals surface area contributed by atoms with E-state index in [-0.39, 0.29) is 23.7 Å². The highest BCUT2D eigenvalue weighted by atomic mass is 35.5. The van der Waals surface area contributed by atoms with E-state index in [1.807, 2.05) is 6.92 Å². The van der Waals surface area contributed by atoms with Gasteiger partial charge in [0.15, 0.2) is 11.4 Å². The SMILES string of the molecule is Cc1c(Cl)c(C(=O)N[C@H]2CCC[C@H]2Oc2cn[nH]c2)nn1C. The summed E-state index contributed by atoms with van der Waals surface area (Å²) < 4.78 is 7.46. The van der Waals surface area contributed by atoms with Crippen LogP contribution in [0.4, 0.5) is 0 Å². The van der Waals surface area contributed by atoms with E-state index < -0.39 is 0 Å². The Morgan fingerprint density at radius 1 is 1.55 bits per heavy atom. The molecule has 0 spiro atoms. The average molecular weight is 324 g/mol. The van der Waals surface area contributed by atoms with E-state index >= 15 is 0 Å². The summed E-state index contributed by atoms with van der Waals surface area (Å²) in [6.07, 6.45) is 6.02. The van der Waals surface area contributed by atoms with E-state index in [0.29, 0.717) is 10.8 Å². The normalized spacial score (nSPS) is 21.0. The van der Waals surface area contributed by atoms with Crippen molar-refractivity contribution in [3.8, 4) is 5.75 Å². The number of hydrogen-bond donors (Lipinski definition) is 2. The lowest BCUT2D eigenvalue weighted by Gasteiger charge is -2.21. The van der Waals surface area contributed by atoms with Gasteiger partial charge < -0.3 is 10.1 Å². The van der Waals surface area contributed by atoms with Crippen LogP contribution in [0.3, 0.4) is 0 Å². The number of aromatic nitrogens is 4. The Labute approximate surface area is 133 Å². The molecule has 1 aliphatic carbocycles.